The molecule has 0 spiro atoms. The molecule has 0 N–H and O–H groups in total. The monoisotopic (exact) mass is 399 g/mol. The van der Waals surface area contributed by atoms with Gasteiger partial charge in [0.15, 0.2) is 0 Å². The molecule has 0 saturated carbocycles. The Labute approximate surface area is 177 Å². The molecule has 0 unspecified atom stereocenters. The van der Waals surface area contributed by atoms with E-state index in [1.165, 1.54) is 30.5 Å². The Morgan fingerprint density at radius 2 is 1.90 bits per heavy atom. The molecule has 3 rings (SSSR count). The minimum atomic E-state index is -0.450. The lowest BCUT2D eigenvalue weighted by Crippen LogP contribution is -1.99. The van der Waals surface area contributed by atoms with Crippen LogP contribution in [0.15, 0.2) is 54.6 Å². The quantitative estimate of drug-likeness (QED) is 0.262. The zero-order valence-corrected chi connectivity index (χ0v) is 17.6. The summed E-state index contributed by atoms with van der Waals surface area (Å²) in [4.78, 5) is 10.6. The van der Waals surface area contributed by atoms with Gasteiger partial charge in [-0.2, -0.15) is 5.26 Å². The fourth-order valence-electron chi connectivity index (χ4n) is 3.65. The summed E-state index contributed by atoms with van der Waals surface area (Å²) < 4.78 is 2.16. The topological polar surface area (TPSA) is 71.9 Å². The summed E-state index contributed by atoms with van der Waals surface area (Å²) in [5, 5.41) is 20.7. The van der Waals surface area contributed by atoms with Gasteiger partial charge in [-0.05, 0) is 67.7 Å². The van der Waals surface area contributed by atoms with Gasteiger partial charge < -0.3 is 4.57 Å². The number of nitro benzene ring substituents is 1. The lowest BCUT2D eigenvalue weighted by atomic mass is 10.0. The summed E-state index contributed by atoms with van der Waals surface area (Å²) in [7, 11) is 0. The predicted octanol–water partition coefficient (Wildman–Crippen LogP) is 6.41. The van der Waals surface area contributed by atoms with Crippen molar-refractivity contribution in [3.8, 4) is 11.8 Å². The Bertz CT molecular complexity index is 1130. The van der Waals surface area contributed by atoms with E-state index >= 15 is 0 Å². The van der Waals surface area contributed by atoms with Gasteiger partial charge in [-0.1, -0.05) is 37.6 Å². The van der Waals surface area contributed by atoms with Gasteiger partial charge in [-0.25, -0.2) is 0 Å². The zero-order valence-electron chi connectivity index (χ0n) is 17.6. The maximum atomic E-state index is 11.1. The minimum absolute atomic E-state index is 0.0257. The lowest BCUT2D eigenvalue weighted by Gasteiger charge is -2.11. The molecule has 0 aliphatic carbocycles. The first-order chi connectivity index (χ1) is 14.4. The Hall–Kier alpha value is -3.65. The molecule has 0 atom stereocenters. The van der Waals surface area contributed by atoms with Crippen LogP contribution in [0.4, 0.5) is 5.69 Å². The number of nitrogens with zero attached hydrogens (tertiary/aromatic N) is 3. The number of aryl methyl sites for hydroxylation is 2. The predicted molar refractivity (Wildman–Crippen MR) is 120 cm³/mol. The van der Waals surface area contributed by atoms with Crippen LogP contribution in [0.3, 0.4) is 0 Å². The molecule has 5 heteroatoms. The van der Waals surface area contributed by atoms with Crippen LogP contribution < -0.4 is 0 Å². The highest BCUT2D eigenvalue weighted by Crippen LogP contribution is 2.27. The molecule has 0 amide bonds. The normalized spacial score (nSPS) is 11.3. The number of nitriles is 1. The first-order valence-electron chi connectivity index (χ1n) is 10.1. The van der Waals surface area contributed by atoms with Crippen molar-refractivity contribution in [1.82, 2.24) is 4.57 Å². The third-order valence-corrected chi connectivity index (χ3v) is 5.27. The van der Waals surface area contributed by atoms with Crippen LogP contribution >= 0.6 is 0 Å². The van der Waals surface area contributed by atoms with Crippen LogP contribution in [0.25, 0.3) is 17.3 Å². The van der Waals surface area contributed by atoms with Crippen molar-refractivity contribution < 1.29 is 4.92 Å². The van der Waals surface area contributed by atoms with E-state index in [1.807, 2.05) is 19.9 Å². The number of benzene rings is 2. The van der Waals surface area contributed by atoms with Crippen molar-refractivity contribution in [1.29, 1.82) is 5.26 Å². The second kappa shape index (κ2) is 9.23. The van der Waals surface area contributed by atoms with Crippen LogP contribution in [0.2, 0.25) is 0 Å². The summed E-state index contributed by atoms with van der Waals surface area (Å²) in [6.07, 6.45) is 5.25. The highest BCUT2D eigenvalue weighted by Gasteiger charge is 2.13. The van der Waals surface area contributed by atoms with Crippen molar-refractivity contribution in [2.24, 2.45) is 0 Å². The van der Waals surface area contributed by atoms with Crippen LogP contribution in [-0.2, 0) is 6.42 Å². The number of non-ortho nitro benzene ring substituents is 1. The number of aromatic nitrogens is 1. The van der Waals surface area contributed by atoms with Crippen molar-refractivity contribution in [2.45, 2.75) is 40.0 Å². The second-order valence-electron chi connectivity index (χ2n) is 7.41. The van der Waals surface area contributed by atoms with E-state index in [2.05, 4.69) is 41.8 Å². The van der Waals surface area contributed by atoms with E-state index < -0.39 is 4.92 Å². The fraction of sp³-hybridized carbons (Fsp3) is 0.240. The summed E-state index contributed by atoms with van der Waals surface area (Å²) in [6.45, 7) is 6.25. The Morgan fingerprint density at radius 3 is 2.53 bits per heavy atom. The van der Waals surface area contributed by atoms with E-state index in [-0.39, 0.29) is 5.69 Å². The molecule has 0 aliphatic heterocycles. The van der Waals surface area contributed by atoms with E-state index in [0.717, 1.165) is 29.1 Å². The van der Waals surface area contributed by atoms with Crippen molar-refractivity contribution in [3.05, 3.63) is 92.8 Å². The van der Waals surface area contributed by atoms with E-state index in [1.54, 1.807) is 18.2 Å². The number of unbranched alkanes of at least 4 members (excludes halogenated alkanes) is 1. The molecular weight excluding hydrogens is 374 g/mol. The van der Waals surface area contributed by atoms with Gasteiger partial charge in [0.1, 0.15) is 0 Å². The summed E-state index contributed by atoms with van der Waals surface area (Å²) in [5.41, 5.74) is 6.33. The van der Waals surface area contributed by atoms with E-state index in [9.17, 15) is 15.4 Å². The Kier molecular flexibility index (Phi) is 6.48. The fourth-order valence-corrected chi connectivity index (χ4v) is 3.65. The van der Waals surface area contributed by atoms with Crippen molar-refractivity contribution >= 4 is 17.3 Å². The van der Waals surface area contributed by atoms with Gasteiger partial charge in [-0.15, -0.1) is 0 Å². The van der Waals surface area contributed by atoms with Crippen LogP contribution in [0.1, 0.15) is 47.8 Å². The molecule has 0 bridgehead atoms. The highest BCUT2D eigenvalue weighted by atomic mass is 16.6. The van der Waals surface area contributed by atoms with E-state index in [4.69, 9.17) is 0 Å². The molecule has 0 aliphatic rings. The number of hydrogen-bond donors (Lipinski definition) is 0. The molecule has 3 aromatic rings. The third-order valence-electron chi connectivity index (χ3n) is 5.27. The van der Waals surface area contributed by atoms with Gasteiger partial charge >= 0.3 is 0 Å². The van der Waals surface area contributed by atoms with Gasteiger partial charge in [0, 0.05) is 29.2 Å². The van der Waals surface area contributed by atoms with Gasteiger partial charge in [0.25, 0.3) is 5.69 Å². The first-order valence-corrected chi connectivity index (χ1v) is 10.1. The van der Waals surface area contributed by atoms with Crippen LogP contribution in [0.5, 0.6) is 0 Å². The van der Waals surface area contributed by atoms with Crippen molar-refractivity contribution in [2.75, 3.05) is 0 Å². The average molecular weight is 399 g/mol. The molecule has 2 aromatic carbocycles. The number of hydrogen-bond acceptors (Lipinski definition) is 3. The highest BCUT2D eigenvalue weighted by molar-refractivity contribution is 5.90. The van der Waals surface area contributed by atoms with Gasteiger partial charge in [0.2, 0.25) is 0 Å². The second-order valence-corrected chi connectivity index (χ2v) is 7.41. The molecular formula is C25H25N3O2. The maximum absolute atomic E-state index is 11.1. The van der Waals surface area contributed by atoms with E-state index in [0.29, 0.717) is 11.1 Å². The smallest absolute Gasteiger partial charge is 0.270 e. The first kappa shape index (κ1) is 21.1. The zero-order chi connectivity index (χ0) is 21.7. The Balaban J connectivity index is 1.97. The summed E-state index contributed by atoms with van der Waals surface area (Å²) in [6, 6.07) is 19.0. The van der Waals surface area contributed by atoms with Crippen molar-refractivity contribution in [3.63, 3.8) is 0 Å². The van der Waals surface area contributed by atoms with Crippen LogP contribution in [-0.4, -0.2) is 9.49 Å². The van der Waals surface area contributed by atoms with Crippen LogP contribution in [0, 0.1) is 35.3 Å². The third kappa shape index (κ3) is 4.49. The molecule has 30 heavy (non-hydrogen) atoms. The lowest BCUT2D eigenvalue weighted by molar-refractivity contribution is -0.384. The maximum Gasteiger partial charge on any atom is 0.270 e. The number of rotatable bonds is 7. The Morgan fingerprint density at radius 1 is 1.17 bits per heavy atom. The minimum Gasteiger partial charge on any atom is -0.318 e. The standard InChI is InChI=1S/C25H25N3O2/c1-4-5-7-20-10-12-24(13-11-20)27-18(2)14-22(19(27)3)15-23(17-26)21-8-6-9-25(16-21)28(29)30/h6,8-16H,4-5,7H2,1-3H3/b23-15-. The molecule has 0 saturated heterocycles. The molecule has 0 fully saturated rings. The molecule has 1 aromatic heterocycles. The number of allylic oxidation sites excluding steroid dienone is 1. The largest absolute Gasteiger partial charge is 0.318 e. The van der Waals surface area contributed by atoms with Gasteiger partial charge in [0.05, 0.1) is 16.6 Å². The molecule has 5 nitrogen and oxygen atoms in total. The molecule has 1 heterocycles. The SMILES string of the molecule is CCCCc1ccc(-n2c(C)cc(/C=C(/C#N)c3cccc([N+](=O)[O-])c3)c2C)cc1. The van der Waals surface area contributed by atoms with Gasteiger partial charge in [-0.3, -0.25) is 10.1 Å². The molecule has 152 valence electrons. The summed E-state index contributed by atoms with van der Waals surface area (Å²) in [5.74, 6) is 0. The average Bonchev–Trinajstić information content (AvgIpc) is 3.03. The number of nitro groups is 1. The molecule has 0 radical (unpaired) electrons. The summed E-state index contributed by atoms with van der Waals surface area (Å²) >= 11 is 0.